The molecule has 0 fully saturated rings. The fraction of sp³-hybridized carbons (Fsp3) is 0.286. The number of hydrogen-bond donors (Lipinski definition) is 0. The lowest BCUT2D eigenvalue weighted by Gasteiger charge is -2.05. The fourth-order valence-electron chi connectivity index (χ4n) is 1.94. The van der Waals surface area contributed by atoms with E-state index in [1.807, 2.05) is 30.3 Å². The zero-order valence-electron chi connectivity index (χ0n) is 11.2. The molecule has 5 nitrogen and oxygen atoms in total. The first-order valence-electron chi connectivity index (χ1n) is 6.23. The molecule has 1 aromatic heterocycles. The van der Waals surface area contributed by atoms with Crippen LogP contribution in [0, 0.1) is 0 Å². The minimum atomic E-state index is -3.40. The number of benzene rings is 1. The Kier molecular flexibility index (Phi) is 4.34. The summed E-state index contributed by atoms with van der Waals surface area (Å²) in [5.41, 5.74) is 1.09. The van der Waals surface area contributed by atoms with Crippen LogP contribution in [0.4, 0.5) is 0 Å². The Morgan fingerprint density at radius 2 is 1.95 bits per heavy atom. The van der Waals surface area contributed by atoms with Crippen LogP contribution >= 0.6 is 0 Å². The van der Waals surface area contributed by atoms with Crippen molar-refractivity contribution in [1.29, 1.82) is 0 Å². The van der Waals surface area contributed by atoms with Crippen LogP contribution in [0.25, 0.3) is 0 Å². The van der Waals surface area contributed by atoms with Gasteiger partial charge in [0, 0.05) is 25.1 Å². The second kappa shape index (κ2) is 6.00. The topological polar surface area (TPSA) is 69.0 Å². The van der Waals surface area contributed by atoms with Crippen molar-refractivity contribution in [2.45, 2.75) is 24.5 Å². The van der Waals surface area contributed by atoms with Crippen molar-refractivity contribution >= 4 is 15.6 Å². The Bertz CT molecular complexity index is 690. The van der Waals surface area contributed by atoms with Gasteiger partial charge in [0.05, 0.1) is 6.54 Å². The molecule has 0 bridgehead atoms. The van der Waals surface area contributed by atoms with Gasteiger partial charge in [-0.2, -0.15) is 0 Å². The summed E-state index contributed by atoms with van der Waals surface area (Å²) in [6, 6.07) is 9.71. The quantitative estimate of drug-likeness (QED) is 0.809. The second-order valence-corrected chi connectivity index (χ2v) is 6.54. The molecule has 20 heavy (non-hydrogen) atoms. The van der Waals surface area contributed by atoms with Gasteiger partial charge in [-0.3, -0.25) is 4.79 Å². The summed E-state index contributed by atoms with van der Waals surface area (Å²) in [6.45, 7) is 0.0369. The Labute approximate surface area is 118 Å². The summed E-state index contributed by atoms with van der Waals surface area (Å²) in [4.78, 5) is 15.7. The average Bonchev–Trinajstić information content (AvgIpc) is 2.86. The van der Waals surface area contributed by atoms with E-state index in [1.165, 1.54) is 17.0 Å². The standard InChI is InChI=1S/C14H16N2O3S/c1-20(18,19)14-15-9-10-16(14)11-13(17)8-7-12-5-3-2-4-6-12/h2-6,9-10H,7-8,11H2,1H3. The van der Waals surface area contributed by atoms with Crippen LogP contribution in [0.5, 0.6) is 0 Å². The van der Waals surface area contributed by atoms with Crippen LogP contribution in [0.2, 0.25) is 0 Å². The van der Waals surface area contributed by atoms with Crippen LogP contribution < -0.4 is 0 Å². The van der Waals surface area contributed by atoms with Crippen molar-refractivity contribution in [1.82, 2.24) is 9.55 Å². The van der Waals surface area contributed by atoms with E-state index in [0.717, 1.165) is 11.8 Å². The van der Waals surface area contributed by atoms with E-state index >= 15 is 0 Å². The second-order valence-electron chi connectivity index (χ2n) is 4.63. The van der Waals surface area contributed by atoms with Crippen molar-refractivity contribution in [2.75, 3.05) is 6.26 Å². The summed E-state index contributed by atoms with van der Waals surface area (Å²) < 4.78 is 24.3. The third-order valence-electron chi connectivity index (χ3n) is 2.89. The van der Waals surface area contributed by atoms with Crippen molar-refractivity contribution < 1.29 is 13.2 Å². The number of nitrogens with zero attached hydrogens (tertiary/aromatic N) is 2. The number of ketones is 1. The van der Waals surface area contributed by atoms with Crippen LogP contribution in [0.3, 0.4) is 0 Å². The highest BCUT2D eigenvalue weighted by Gasteiger charge is 2.16. The van der Waals surface area contributed by atoms with Gasteiger partial charge in [0.1, 0.15) is 0 Å². The van der Waals surface area contributed by atoms with Gasteiger partial charge in [-0.15, -0.1) is 0 Å². The van der Waals surface area contributed by atoms with Gasteiger partial charge in [0.25, 0.3) is 0 Å². The maximum absolute atomic E-state index is 11.9. The number of carbonyl (C=O) groups excluding carboxylic acids is 1. The average molecular weight is 292 g/mol. The maximum Gasteiger partial charge on any atom is 0.227 e. The largest absolute Gasteiger partial charge is 0.315 e. The van der Waals surface area contributed by atoms with Crippen molar-refractivity contribution in [2.24, 2.45) is 0 Å². The molecule has 0 saturated carbocycles. The molecule has 0 aliphatic heterocycles. The molecule has 0 radical (unpaired) electrons. The summed E-state index contributed by atoms with van der Waals surface area (Å²) in [5.74, 6) is -0.0169. The number of imidazole rings is 1. The molecule has 0 saturated heterocycles. The zero-order valence-corrected chi connectivity index (χ0v) is 12.0. The molecule has 1 aromatic carbocycles. The van der Waals surface area contributed by atoms with Gasteiger partial charge in [0.15, 0.2) is 5.78 Å². The van der Waals surface area contributed by atoms with E-state index in [-0.39, 0.29) is 17.5 Å². The van der Waals surface area contributed by atoms with Gasteiger partial charge < -0.3 is 4.57 Å². The molecular weight excluding hydrogens is 276 g/mol. The van der Waals surface area contributed by atoms with E-state index in [0.29, 0.717) is 12.8 Å². The lowest BCUT2D eigenvalue weighted by molar-refractivity contribution is -0.119. The van der Waals surface area contributed by atoms with Crippen LogP contribution in [-0.4, -0.2) is 30.0 Å². The monoisotopic (exact) mass is 292 g/mol. The Balaban J connectivity index is 1.97. The van der Waals surface area contributed by atoms with Gasteiger partial charge in [-0.25, -0.2) is 13.4 Å². The summed E-state index contributed by atoms with van der Waals surface area (Å²) in [5, 5.41) is -0.0643. The first-order chi connectivity index (χ1) is 9.47. The first kappa shape index (κ1) is 14.5. The highest BCUT2D eigenvalue weighted by molar-refractivity contribution is 7.90. The Morgan fingerprint density at radius 3 is 2.60 bits per heavy atom. The maximum atomic E-state index is 11.9. The molecular formula is C14H16N2O3S. The summed E-state index contributed by atoms with van der Waals surface area (Å²) in [6.07, 6.45) is 5.02. The van der Waals surface area contributed by atoms with Crippen LogP contribution in [0.15, 0.2) is 47.9 Å². The van der Waals surface area contributed by atoms with Gasteiger partial charge in [0.2, 0.25) is 15.0 Å². The van der Waals surface area contributed by atoms with E-state index < -0.39 is 9.84 Å². The lowest BCUT2D eigenvalue weighted by Crippen LogP contribution is -2.15. The van der Waals surface area contributed by atoms with Crippen LogP contribution in [0.1, 0.15) is 12.0 Å². The number of carbonyl (C=O) groups is 1. The number of aryl methyl sites for hydroxylation is 1. The zero-order chi connectivity index (χ0) is 14.6. The van der Waals surface area contributed by atoms with Crippen LogP contribution in [-0.2, 0) is 27.6 Å². The molecule has 0 N–H and O–H groups in total. The summed E-state index contributed by atoms with van der Waals surface area (Å²) >= 11 is 0. The smallest absolute Gasteiger partial charge is 0.227 e. The highest BCUT2D eigenvalue weighted by Crippen LogP contribution is 2.08. The van der Waals surface area contributed by atoms with Gasteiger partial charge in [-0.1, -0.05) is 30.3 Å². The van der Waals surface area contributed by atoms with Gasteiger partial charge in [-0.05, 0) is 12.0 Å². The number of rotatable bonds is 6. The molecule has 0 unspecified atom stereocenters. The molecule has 2 aromatic rings. The molecule has 0 amide bonds. The third kappa shape index (κ3) is 3.77. The Morgan fingerprint density at radius 1 is 1.25 bits per heavy atom. The predicted octanol–water partition coefficient (Wildman–Crippen LogP) is 1.49. The van der Waals surface area contributed by atoms with Crippen molar-refractivity contribution in [3.8, 4) is 0 Å². The van der Waals surface area contributed by atoms with E-state index in [2.05, 4.69) is 4.98 Å². The number of Topliss-reactive ketones (excluding diaryl/α,β-unsaturated/α-hetero) is 1. The minimum absolute atomic E-state index is 0.0169. The first-order valence-corrected chi connectivity index (χ1v) is 8.13. The Hall–Kier alpha value is -1.95. The molecule has 6 heteroatoms. The molecule has 0 spiro atoms. The highest BCUT2D eigenvalue weighted by atomic mass is 32.2. The minimum Gasteiger partial charge on any atom is -0.315 e. The van der Waals surface area contributed by atoms with E-state index in [9.17, 15) is 13.2 Å². The molecule has 0 aliphatic rings. The molecule has 0 atom stereocenters. The van der Waals surface area contributed by atoms with Crippen molar-refractivity contribution in [3.63, 3.8) is 0 Å². The SMILES string of the molecule is CS(=O)(=O)c1nccn1CC(=O)CCc1ccccc1. The predicted molar refractivity (Wildman–Crippen MR) is 75.1 cm³/mol. The van der Waals surface area contributed by atoms with E-state index in [4.69, 9.17) is 0 Å². The fourth-order valence-corrected chi connectivity index (χ4v) is 2.75. The third-order valence-corrected chi connectivity index (χ3v) is 3.89. The van der Waals surface area contributed by atoms with Crippen molar-refractivity contribution in [3.05, 3.63) is 48.3 Å². The molecule has 106 valence electrons. The molecule has 0 aliphatic carbocycles. The summed E-state index contributed by atoms with van der Waals surface area (Å²) in [7, 11) is -3.40. The molecule has 2 rings (SSSR count). The normalized spacial score (nSPS) is 11.4. The van der Waals surface area contributed by atoms with E-state index in [1.54, 1.807) is 0 Å². The molecule has 1 heterocycles. The number of aromatic nitrogens is 2. The van der Waals surface area contributed by atoms with Gasteiger partial charge >= 0.3 is 0 Å². The number of hydrogen-bond acceptors (Lipinski definition) is 4. The number of sulfone groups is 1. The lowest BCUT2D eigenvalue weighted by atomic mass is 10.1.